The summed E-state index contributed by atoms with van der Waals surface area (Å²) in [5, 5.41) is 2.29. The van der Waals surface area contributed by atoms with Crippen LogP contribution >= 0.6 is 0 Å². The van der Waals surface area contributed by atoms with Crippen molar-refractivity contribution >= 4 is 27.6 Å². The maximum absolute atomic E-state index is 13.0. The van der Waals surface area contributed by atoms with Crippen molar-refractivity contribution in [2.24, 2.45) is 0 Å². The number of hydrogen-bond donors (Lipinski definition) is 1. The molecule has 0 bridgehead atoms. The standard InChI is InChI=1S/C21H19N3O3/c1-2-27-21(26)19-11-14-7-9-22-13-17(14)20(25)24(19)10-8-15-12-23-18-6-4-3-5-16(15)18/h3-7,9,11-13,23H,2,8,10H2,1H3. The number of nitrogens with one attached hydrogen (secondary N) is 1. The van der Waals surface area contributed by atoms with Crippen molar-refractivity contribution in [3.63, 3.8) is 0 Å². The number of benzene rings is 1. The summed E-state index contributed by atoms with van der Waals surface area (Å²) in [5.41, 5.74) is 2.18. The van der Waals surface area contributed by atoms with Crippen molar-refractivity contribution in [3.05, 3.63) is 76.6 Å². The number of nitrogens with zero attached hydrogens (tertiary/aromatic N) is 2. The number of H-pyrrole nitrogens is 1. The maximum atomic E-state index is 13.0. The molecular formula is C21H19N3O3. The quantitative estimate of drug-likeness (QED) is 0.553. The van der Waals surface area contributed by atoms with Crippen LogP contribution in [0.5, 0.6) is 0 Å². The zero-order valence-corrected chi connectivity index (χ0v) is 14.9. The third-order valence-corrected chi connectivity index (χ3v) is 4.68. The van der Waals surface area contributed by atoms with Gasteiger partial charge in [-0.1, -0.05) is 18.2 Å². The SMILES string of the molecule is CCOC(=O)c1cc2ccncc2c(=O)n1CCc1c[nH]c2ccccc12. The summed E-state index contributed by atoms with van der Waals surface area (Å²) >= 11 is 0. The molecule has 0 radical (unpaired) electrons. The van der Waals surface area contributed by atoms with Gasteiger partial charge in [0.25, 0.3) is 5.56 Å². The van der Waals surface area contributed by atoms with Crippen molar-refractivity contribution in [1.82, 2.24) is 14.5 Å². The molecule has 0 unspecified atom stereocenters. The van der Waals surface area contributed by atoms with E-state index in [2.05, 4.69) is 9.97 Å². The molecule has 0 saturated carbocycles. The average Bonchev–Trinajstić information content (AvgIpc) is 3.10. The van der Waals surface area contributed by atoms with Crippen molar-refractivity contribution < 1.29 is 9.53 Å². The lowest BCUT2D eigenvalue weighted by Gasteiger charge is -2.13. The van der Waals surface area contributed by atoms with E-state index in [1.54, 1.807) is 25.3 Å². The Hall–Kier alpha value is -3.41. The summed E-state index contributed by atoms with van der Waals surface area (Å²) in [6.45, 7) is 2.38. The molecule has 0 atom stereocenters. The lowest BCUT2D eigenvalue weighted by atomic mass is 10.1. The molecule has 136 valence electrons. The van der Waals surface area contributed by atoms with E-state index in [4.69, 9.17) is 4.74 Å². The predicted octanol–water partition coefficient (Wildman–Crippen LogP) is 3.30. The summed E-state index contributed by atoms with van der Waals surface area (Å²) < 4.78 is 6.65. The van der Waals surface area contributed by atoms with E-state index in [0.29, 0.717) is 23.7 Å². The minimum absolute atomic E-state index is 0.233. The van der Waals surface area contributed by atoms with Crippen LogP contribution in [0.3, 0.4) is 0 Å². The summed E-state index contributed by atoms with van der Waals surface area (Å²) in [6.07, 6.45) is 5.70. The Morgan fingerprint density at radius 2 is 2.07 bits per heavy atom. The average molecular weight is 361 g/mol. The molecule has 3 aromatic heterocycles. The second-order valence-electron chi connectivity index (χ2n) is 6.28. The number of para-hydroxylation sites is 1. The minimum Gasteiger partial charge on any atom is -0.461 e. The number of ether oxygens (including phenoxy) is 1. The van der Waals surface area contributed by atoms with Gasteiger partial charge in [0.2, 0.25) is 0 Å². The van der Waals surface area contributed by atoms with Crippen molar-refractivity contribution in [2.45, 2.75) is 19.9 Å². The minimum atomic E-state index is -0.493. The van der Waals surface area contributed by atoms with Gasteiger partial charge in [0, 0.05) is 36.0 Å². The van der Waals surface area contributed by atoms with Crippen LogP contribution in [0.25, 0.3) is 21.7 Å². The highest BCUT2D eigenvalue weighted by molar-refractivity contribution is 5.93. The summed E-state index contributed by atoms with van der Waals surface area (Å²) in [5.74, 6) is -0.493. The molecule has 3 heterocycles. The van der Waals surface area contributed by atoms with Crippen molar-refractivity contribution in [2.75, 3.05) is 6.61 Å². The monoisotopic (exact) mass is 361 g/mol. The Bertz CT molecular complexity index is 1190. The van der Waals surface area contributed by atoms with Crippen LogP contribution in [0.15, 0.2) is 59.8 Å². The Morgan fingerprint density at radius 1 is 1.22 bits per heavy atom. The van der Waals surface area contributed by atoms with Gasteiger partial charge in [0.1, 0.15) is 5.69 Å². The third kappa shape index (κ3) is 3.10. The molecule has 6 heteroatoms. The van der Waals surface area contributed by atoms with Crippen molar-refractivity contribution in [1.29, 1.82) is 0 Å². The fourth-order valence-electron chi connectivity index (χ4n) is 3.36. The smallest absolute Gasteiger partial charge is 0.355 e. The first kappa shape index (κ1) is 17.0. The van der Waals surface area contributed by atoms with Gasteiger partial charge in [-0.05, 0) is 42.5 Å². The summed E-state index contributed by atoms with van der Waals surface area (Å²) in [6, 6.07) is 11.4. The van der Waals surface area contributed by atoms with E-state index in [9.17, 15) is 9.59 Å². The van der Waals surface area contributed by atoms with Crippen LogP contribution in [0.1, 0.15) is 23.0 Å². The van der Waals surface area contributed by atoms with Crippen LogP contribution in [-0.2, 0) is 17.7 Å². The summed E-state index contributed by atoms with van der Waals surface area (Å²) in [4.78, 5) is 32.7. The van der Waals surface area contributed by atoms with Crippen LogP contribution in [0, 0.1) is 0 Å². The fourth-order valence-corrected chi connectivity index (χ4v) is 3.36. The highest BCUT2D eigenvalue weighted by atomic mass is 16.5. The largest absolute Gasteiger partial charge is 0.461 e. The summed E-state index contributed by atoms with van der Waals surface area (Å²) in [7, 11) is 0. The van der Waals surface area contributed by atoms with Crippen LogP contribution in [0.2, 0.25) is 0 Å². The molecule has 0 aliphatic carbocycles. The van der Waals surface area contributed by atoms with Crippen LogP contribution in [0.4, 0.5) is 0 Å². The van der Waals surface area contributed by atoms with E-state index in [-0.39, 0.29) is 17.9 Å². The number of rotatable bonds is 5. The highest BCUT2D eigenvalue weighted by Crippen LogP contribution is 2.19. The molecule has 4 aromatic rings. The zero-order valence-electron chi connectivity index (χ0n) is 14.9. The Morgan fingerprint density at radius 3 is 2.93 bits per heavy atom. The fraction of sp³-hybridized carbons (Fsp3) is 0.190. The number of pyridine rings is 2. The topological polar surface area (TPSA) is 77.0 Å². The number of carbonyl (C=O) groups excluding carboxylic acids is 1. The maximum Gasteiger partial charge on any atom is 0.355 e. The second-order valence-corrected chi connectivity index (χ2v) is 6.28. The number of fused-ring (bicyclic) bond motifs is 2. The Kier molecular flexibility index (Phi) is 4.46. The zero-order chi connectivity index (χ0) is 18.8. The van der Waals surface area contributed by atoms with Gasteiger partial charge in [-0.3, -0.25) is 9.78 Å². The number of aryl methyl sites for hydroxylation is 1. The van der Waals surface area contributed by atoms with E-state index >= 15 is 0 Å². The van der Waals surface area contributed by atoms with Gasteiger partial charge in [-0.25, -0.2) is 4.79 Å². The van der Waals surface area contributed by atoms with Gasteiger partial charge in [0.05, 0.1) is 12.0 Å². The third-order valence-electron chi connectivity index (χ3n) is 4.68. The number of carbonyl (C=O) groups is 1. The van der Waals surface area contributed by atoms with E-state index in [0.717, 1.165) is 16.5 Å². The molecule has 0 amide bonds. The number of aromatic nitrogens is 3. The molecular weight excluding hydrogens is 342 g/mol. The first-order chi connectivity index (χ1) is 13.2. The van der Waals surface area contributed by atoms with Gasteiger partial charge in [0.15, 0.2) is 0 Å². The van der Waals surface area contributed by atoms with E-state index in [1.165, 1.54) is 10.8 Å². The van der Waals surface area contributed by atoms with E-state index in [1.807, 2.05) is 30.5 Å². The van der Waals surface area contributed by atoms with Gasteiger partial charge >= 0.3 is 5.97 Å². The van der Waals surface area contributed by atoms with E-state index < -0.39 is 5.97 Å². The van der Waals surface area contributed by atoms with Crippen molar-refractivity contribution in [3.8, 4) is 0 Å². The lowest BCUT2D eigenvalue weighted by molar-refractivity contribution is 0.0512. The Labute approximate surface area is 155 Å². The highest BCUT2D eigenvalue weighted by Gasteiger charge is 2.17. The molecule has 0 aliphatic rings. The van der Waals surface area contributed by atoms with Crippen LogP contribution < -0.4 is 5.56 Å². The number of hydrogen-bond acceptors (Lipinski definition) is 4. The lowest BCUT2D eigenvalue weighted by Crippen LogP contribution is -2.28. The number of aromatic amines is 1. The normalized spacial score (nSPS) is 11.1. The molecule has 1 aromatic carbocycles. The second kappa shape index (κ2) is 7.07. The molecule has 1 N–H and O–H groups in total. The Balaban J connectivity index is 1.77. The molecule has 27 heavy (non-hydrogen) atoms. The molecule has 0 fully saturated rings. The predicted molar refractivity (Wildman–Crippen MR) is 104 cm³/mol. The van der Waals surface area contributed by atoms with Gasteiger partial charge in [-0.15, -0.1) is 0 Å². The molecule has 0 saturated heterocycles. The molecule has 0 spiro atoms. The first-order valence-electron chi connectivity index (χ1n) is 8.88. The van der Waals surface area contributed by atoms with Gasteiger partial charge < -0.3 is 14.3 Å². The number of esters is 1. The first-order valence-corrected chi connectivity index (χ1v) is 8.88. The molecule has 0 aliphatic heterocycles. The van der Waals surface area contributed by atoms with Crippen LogP contribution in [-0.4, -0.2) is 27.1 Å². The van der Waals surface area contributed by atoms with Gasteiger partial charge in [-0.2, -0.15) is 0 Å². The molecule has 6 nitrogen and oxygen atoms in total. The molecule has 4 rings (SSSR count).